The first-order chi connectivity index (χ1) is 15.3. The highest BCUT2D eigenvalue weighted by molar-refractivity contribution is 7.16. The van der Waals surface area contributed by atoms with E-state index >= 15 is 0 Å². The predicted octanol–water partition coefficient (Wildman–Crippen LogP) is 6.03. The number of hydrogen-bond donors (Lipinski definition) is 1. The number of rotatable bonds is 7. The molecule has 0 saturated heterocycles. The van der Waals surface area contributed by atoms with E-state index in [1.54, 1.807) is 36.7 Å². The number of aliphatic hydroxyl groups is 1. The van der Waals surface area contributed by atoms with Crippen LogP contribution in [0.4, 0.5) is 4.39 Å². The van der Waals surface area contributed by atoms with E-state index in [0.717, 1.165) is 10.2 Å². The van der Waals surface area contributed by atoms with Crippen molar-refractivity contribution in [3.63, 3.8) is 0 Å². The Morgan fingerprint density at radius 3 is 2.78 bits per heavy atom. The summed E-state index contributed by atoms with van der Waals surface area (Å²) < 4.78 is 19.9. The third kappa shape index (κ3) is 4.50. The molecule has 2 aromatic heterocycles. The minimum Gasteiger partial charge on any atom is -0.494 e. The van der Waals surface area contributed by atoms with Gasteiger partial charge < -0.3 is 9.84 Å². The lowest BCUT2D eigenvalue weighted by molar-refractivity contribution is 0.0397. The molecule has 0 radical (unpaired) electrons. The molecule has 4 aromatic rings. The second-order valence-corrected chi connectivity index (χ2v) is 8.90. The molecule has 0 spiro atoms. The van der Waals surface area contributed by atoms with Gasteiger partial charge in [-0.25, -0.2) is 14.4 Å². The van der Waals surface area contributed by atoms with Crippen LogP contribution < -0.4 is 4.74 Å². The van der Waals surface area contributed by atoms with Crippen LogP contribution in [0.15, 0.2) is 54.0 Å². The minimum absolute atomic E-state index is 0.0352. The Hall–Kier alpha value is -2.87. The van der Waals surface area contributed by atoms with E-state index in [1.807, 2.05) is 12.1 Å². The highest BCUT2D eigenvalue weighted by Crippen LogP contribution is 2.34. The molecule has 0 saturated carbocycles. The average Bonchev–Trinajstić information content (AvgIpc) is 3.27. The number of Topliss-reactive ketones (excluding diaryl/α,β-unsaturated/α-hetero) is 1. The van der Waals surface area contributed by atoms with Gasteiger partial charge in [-0.05, 0) is 61.9 Å². The first-order valence-corrected chi connectivity index (χ1v) is 11.1. The SMILES string of the molecule is COc1ccc(C(C)(O)CCC(=O)c2ccc3ncsc3c2)nc1-c1ccc(F)c(Cl)c1. The van der Waals surface area contributed by atoms with E-state index in [0.29, 0.717) is 28.3 Å². The molecular formula is C24H20ClFN2O3S. The number of methoxy groups -OCH3 is 1. The number of carbonyl (C=O) groups is 1. The standard InChI is InChI=1S/C24H20ClFN2O3S/c1-24(30,10-9-19(29)14-4-6-18-21(12-14)32-13-27-18)22-8-7-20(31-2)23(28-22)15-3-5-17(26)16(25)11-15/h3-8,11-13,30H,9-10H2,1-2H3. The number of benzene rings is 2. The van der Waals surface area contributed by atoms with Gasteiger partial charge in [-0.15, -0.1) is 11.3 Å². The van der Waals surface area contributed by atoms with Crippen molar-refractivity contribution in [2.45, 2.75) is 25.4 Å². The molecule has 164 valence electrons. The summed E-state index contributed by atoms with van der Waals surface area (Å²) in [5, 5.41) is 11.1. The number of hydrogen-bond acceptors (Lipinski definition) is 6. The van der Waals surface area contributed by atoms with E-state index in [2.05, 4.69) is 9.97 Å². The van der Waals surface area contributed by atoms with Crippen molar-refractivity contribution < 1.29 is 19.0 Å². The van der Waals surface area contributed by atoms with Gasteiger partial charge in [-0.2, -0.15) is 0 Å². The fraction of sp³-hybridized carbons (Fsp3) is 0.208. The van der Waals surface area contributed by atoms with Gasteiger partial charge >= 0.3 is 0 Å². The smallest absolute Gasteiger partial charge is 0.163 e. The molecule has 0 aliphatic rings. The third-order valence-corrected chi connectivity index (χ3v) is 6.40. The number of halogens is 2. The van der Waals surface area contributed by atoms with E-state index in [9.17, 15) is 14.3 Å². The van der Waals surface area contributed by atoms with Gasteiger partial charge in [-0.3, -0.25) is 4.79 Å². The highest BCUT2D eigenvalue weighted by Gasteiger charge is 2.27. The number of aromatic nitrogens is 2. The van der Waals surface area contributed by atoms with E-state index in [-0.39, 0.29) is 23.6 Å². The quantitative estimate of drug-likeness (QED) is 0.334. The summed E-state index contributed by atoms with van der Waals surface area (Å²) in [6.45, 7) is 1.61. The van der Waals surface area contributed by atoms with Crippen LogP contribution in [-0.2, 0) is 5.60 Å². The second-order valence-electron chi connectivity index (χ2n) is 7.61. The molecule has 0 amide bonds. The predicted molar refractivity (Wildman–Crippen MR) is 124 cm³/mol. The number of carbonyl (C=O) groups excluding carboxylic acids is 1. The summed E-state index contributed by atoms with van der Waals surface area (Å²) in [5.41, 5.74) is 3.17. The highest BCUT2D eigenvalue weighted by atomic mass is 35.5. The van der Waals surface area contributed by atoms with Crippen molar-refractivity contribution in [3.8, 4) is 17.0 Å². The maximum atomic E-state index is 13.6. The molecule has 32 heavy (non-hydrogen) atoms. The number of ketones is 1. The first-order valence-electron chi connectivity index (χ1n) is 9.88. The first kappa shape index (κ1) is 22.3. The number of nitrogens with zero attached hydrogens (tertiary/aromatic N) is 2. The van der Waals surface area contributed by atoms with Crippen molar-refractivity contribution in [1.82, 2.24) is 9.97 Å². The van der Waals surface area contributed by atoms with E-state index < -0.39 is 11.4 Å². The monoisotopic (exact) mass is 470 g/mol. The maximum absolute atomic E-state index is 13.6. The largest absolute Gasteiger partial charge is 0.494 e. The van der Waals surface area contributed by atoms with Crippen molar-refractivity contribution in [2.75, 3.05) is 7.11 Å². The van der Waals surface area contributed by atoms with E-state index in [4.69, 9.17) is 16.3 Å². The van der Waals surface area contributed by atoms with Gasteiger partial charge in [0.2, 0.25) is 0 Å². The third-order valence-electron chi connectivity index (χ3n) is 5.32. The number of fused-ring (bicyclic) bond motifs is 1. The Bertz CT molecular complexity index is 1310. The lowest BCUT2D eigenvalue weighted by atomic mass is 9.92. The van der Waals surface area contributed by atoms with Crippen LogP contribution in [0.25, 0.3) is 21.5 Å². The minimum atomic E-state index is -1.37. The van der Waals surface area contributed by atoms with Crippen molar-refractivity contribution in [1.29, 1.82) is 0 Å². The molecule has 1 N–H and O–H groups in total. The van der Waals surface area contributed by atoms with E-state index in [1.165, 1.54) is 30.6 Å². The van der Waals surface area contributed by atoms with Crippen LogP contribution in [0.1, 0.15) is 35.8 Å². The maximum Gasteiger partial charge on any atom is 0.163 e. The fourth-order valence-electron chi connectivity index (χ4n) is 3.42. The van der Waals surface area contributed by atoms with Crippen molar-refractivity contribution in [2.24, 2.45) is 0 Å². The Kier molecular flexibility index (Phi) is 6.24. The molecule has 0 bridgehead atoms. The van der Waals surface area contributed by atoms with Crippen LogP contribution in [0.3, 0.4) is 0 Å². The molecule has 8 heteroatoms. The van der Waals surface area contributed by atoms with Crippen LogP contribution in [0.5, 0.6) is 5.75 Å². The van der Waals surface area contributed by atoms with Gasteiger partial charge in [0.05, 0.1) is 33.6 Å². The average molecular weight is 471 g/mol. The second kappa shape index (κ2) is 8.94. The number of ether oxygens (including phenoxy) is 1. The molecule has 5 nitrogen and oxygen atoms in total. The van der Waals surface area contributed by atoms with Gasteiger partial charge in [-0.1, -0.05) is 11.6 Å². The van der Waals surface area contributed by atoms with Gasteiger partial charge in [0, 0.05) is 17.5 Å². The summed E-state index contributed by atoms with van der Waals surface area (Å²) in [7, 11) is 1.50. The molecule has 0 fully saturated rings. The van der Waals surface area contributed by atoms with Crippen LogP contribution in [-0.4, -0.2) is 28.0 Å². The zero-order valence-corrected chi connectivity index (χ0v) is 19.0. The van der Waals surface area contributed by atoms with Crippen LogP contribution in [0, 0.1) is 5.82 Å². The Morgan fingerprint density at radius 1 is 1.22 bits per heavy atom. The Labute approximate surface area is 193 Å². The Morgan fingerprint density at radius 2 is 2.03 bits per heavy atom. The molecule has 2 aromatic carbocycles. The lowest BCUT2D eigenvalue weighted by Crippen LogP contribution is -2.24. The van der Waals surface area contributed by atoms with Crippen LogP contribution >= 0.6 is 22.9 Å². The Balaban J connectivity index is 1.57. The number of pyridine rings is 1. The molecule has 2 heterocycles. The molecule has 1 atom stereocenters. The fourth-order valence-corrected chi connectivity index (χ4v) is 4.32. The summed E-state index contributed by atoms with van der Waals surface area (Å²) in [6, 6.07) is 13.0. The molecule has 4 rings (SSSR count). The summed E-state index contributed by atoms with van der Waals surface area (Å²) in [4.78, 5) is 21.5. The summed E-state index contributed by atoms with van der Waals surface area (Å²) in [6.07, 6.45) is 0.318. The zero-order valence-electron chi connectivity index (χ0n) is 17.4. The molecule has 0 aliphatic carbocycles. The summed E-state index contributed by atoms with van der Waals surface area (Å²) in [5.74, 6) is -0.145. The normalized spacial score (nSPS) is 13.2. The molecular weight excluding hydrogens is 451 g/mol. The number of thiazole rings is 1. The topological polar surface area (TPSA) is 72.3 Å². The van der Waals surface area contributed by atoms with Gasteiger partial charge in [0.25, 0.3) is 0 Å². The van der Waals surface area contributed by atoms with Gasteiger partial charge in [0.15, 0.2) is 5.78 Å². The lowest BCUT2D eigenvalue weighted by Gasteiger charge is -2.24. The van der Waals surface area contributed by atoms with Crippen LogP contribution in [0.2, 0.25) is 5.02 Å². The summed E-state index contributed by atoms with van der Waals surface area (Å²) >= 11 is 7.40. The van der Waals surface area contributed by atoms with Crippen molar-refractivity contribution >= 4 is 38.9 Å². The zero-order chi connectivity index (χ0) is 22.9. The van der Waals surface area contributed by atoms with Crippen molar-refractivity contribution in [3.05, 3.63) is 76.1 Å². The molecule has 1 unspecified atom stereocenters. The van der Waals surface area contributed by atoms with Gasteiger partial charge in [0.1, 0.15) is 22.9 Å². The molecule has 0 aliphatic heterocycles.